The molecule has 156 valence electrons. The first-order chi connectivity index (χ1) is 14.0. The van der Waals surface area contributed by atoms with E-state index < -0.39 is 5.60 Å². The summed E-state index contributed by atoms with van der Waals surface area (Å²) in [4.78, 5) is 14.1. The molecule has 0 saturated carbocycles. The highest BCUT2D eigenvalue weighted by molar-refractivity contribution is 5.84. The van der Waals surface area contributed by atoms with Gasteiger partial charge in [-0.2, -0.15) is 0 Å². The number of ether oxygens (including phenoxy) is 1. The van der Waals surface area contributed by atoms with Crippen molar-refractivity contribution in [1.29, 1.82) is 0 Å². The fraction of sp³-hybridized carbons (Fsp3) is 0.458. The molecule has 5 heteroatoms. The molecule has 0 spiro atoms. The van der Waals surface area contributed by atoms with Crippen LogP contribution >= 0.6 is 0 Å². The Labute approximate surface area is 173 Å². The Morgan fingerprint density at radius 2 is 1.62 bits per heavy atom. The molecule has 1 amide bonds. The Morgan fingerprint density at radius 1 is 1.10 bits per heavy atom. The molecule has 1 aliphatic heterocycles. The summed E-state index contributed by atoms with van der Waals surface area (Å²) >= 11 is 0. The molecule has 2 aromatic rings. The molecule has 3 rings (SSSR count). The maximum absolute atomic E-state index is 11.7. The van der Waals surface area contributed by atoms with Gasteiger partial charge in [-0.15, -0.1) is 0 Å². The molecule has 0 radical (unpaired) electrons. The number of aliphatic hydroxyl groups is 1. The van der Waals surface area contributed by atoms with Crippen LogP contribution in [0.2, 0.25) is 0 Å². The van der Waals surface area contributed by atoms with Crippen LogP contribution in [-0.2, 0) is 9.53 Å². The second-order valence-corrected chi connectivity index (χ2v) is 7.98. The molecule has 2 aromatic carbocycles. The van der Waals surface area contributed by atoms with Crippen LogP contribution in [0, 0.1) is 0 Å². The van der Waals surface area contributed by atoms with Gasteiger partial charge in [-0.25, -0.2) is 0 Å². The third-order valence-electron chi connectivity index (χ3n) is 5.70. The number of rotatable bonds is 8. The van der Waals surface area contributed by atoms with Gasteiger partial charge in [-0.3, -0.25) is 4.79 Å². The second-order valence-electron chi connectivity index (χ2n) is 7.98. The Balaban J connectivity index is 1.56. The molecule has 1 fully saturated rings. The topological polar surface area (TPSA) is 61.8 Å². The third kappa shape index (κ3) is 5.89. The molecule has 2 N–H and O–H groups in total. The van der Waals surface area contributed by atoms with Crippen LogP contribution in [-0.4, -0.2) is 54.3 Å². The average molecular weight is 397 g/mol. The third-order valence-corrected chi connectivity index (χ3v) is 5.70. The smallest absolute Gasteiger partial charge is 0.251 e. The Kier molecular flexibility index (Phi) is 7.42. The SMILES string of the molecule is CNC(=O)C(C)(O)CCN1CCC(OC(c2ccccc2)c2ccccc2)CC1. The normalized spacial score (nSPS) is 17.8. The van der Waals surface area contributed by atoms with E-state index in [2.05, 4.69) is 58.7 Å². The Hall–Kier alpha value is -2.21. The Morgan fingerprint density at radius 3 is 2.10 bits per heavy atom. The summed E-state index contributed by atoms with van der Waals surface area (Å²) in [6, 6.07) is 20.7. The van der Waals surface area contributed by atoms with Crippen molar-refractivity contribution in [2.75, 3.05) is 26.7 Å². The molecule has 1 unspecified atom stereocenters. The molecule has 5 nitrogen and oxygen atoms in total. The van der Waals surface area contributed by atoms with E-state index in [4.69, 9.17) is 4.74 Å². The molecule has 0 aromatic heterocycles. The highest BCUT2D eigenvalue weighted by atomic mass is 16.5. The number of nitrogens with zero attached hydrogens (tertiary/aromatic N) is 1. The molecule has 0 aliphatic carbocycles. The van der Waals surface area contributed by atoms with Crippen molar-refractivity contribution in [2.45, 2.75) is 44.0 Å². The van der Waals surface area contributed by atoms with Crippen LogP contribution < -0.4 is 5.32 Å². The zero-order valence-corrected chi connectivity index (χ0v) is 17.4. The van der Waals surface area contributed by atoms with E-state index in [0.717, 1.165) is 25.9 Å². The largest absolute Gasteiger partial charge is 0.380 e. The van der Waals surface area contributed by atoms with Crippen molar-refractivity contribution < 1.29 is 14.6 Å². The maximum Gasteiger partial charge on any atom is 0.251 e. The number of carbonyl (C=O) groups excluding carboxylic acids is 1. The van der Waals surface area contributed by atoms with Crippen LogP contribution in [0.5, 0.6) is 0 Å². The summed E-state index contributed by atoms with van der Waals surface area (Å²) in [5, 5.41) is 12.8. The number of amides is 1. The predicted octanol–water partition coefficient (Wildman–Crippen LogP) is 3.14. The van der Waals surface area contributed by atoms with Gasteiger partial charge in [0, 0.05) is 26.7 Å². The minimum absolute atomic E-state index is 0.0667. The number of hydrogen-bond donors (Lipinski definition) is 2. The van der Waals surface area contributed by atoms with Gasteiger partial charge in [0.2, 0.25) is 0 Å². The van der Waals surface area contributed by atoms with Crippen molar-refractivity contribution in [2.24, 2.45) is 0 Å². The number of benzene rings is 2. The van der Waals surface area contributed by atoms with E-state index in [-0.39, 0.29) is 18.1 Å². The van der Waals surface area contributed by atoms with Gasteiger partial charge in [-0.1, -0.05) is 60.7 Å². The summed E-state index contributed by atoms with van der Waals surface area (Å²) in [6.45, 7) is 4.09. The van der Waals surface area contributed by atoms with Gasteiger partial charge in [-0.05, 0) is 37.3 Å². The van der Waals surface area contributed by atoms with Crippen LogP contribution in [0.1, 0.15) is 43.4 Å². The first-order valence-electron chi connectivity index (χ1n) is 10.4. The molecular formula is C24H32N2O3. The first-order valence-corrected chi connectivity index (χ1v) is 10.4. The summed E-state index contributed by atoms with van der Waals surface area (Å²) in [7, 11) is 1.55. The number of hydrogen-bond acceptors (Lipinski definition) is 4. The molecule has 0 bridgehead atoms. The standard InChI is InChI=1S/C24H32N2O3/c1-24(28,23(27)25-2)15-18-26-16-13-21(14-17-26)29-22(19-9-5-3-6-10-19)20-11-7-4-8-12-20/h3-12,21-22,28H,13-18H2,1-2H3,(H,25,27). The van der Waals surface area contributed by atoms with Gasteiger partial charge in [0.1, 0.15) is 11.7 Å². The molecule has 1 saturated heterocycles. The number of nitrogens with one attached hydrogen (secondary N) is 1. The summed E-state index contributed by atoms with van der Waals surface area (Å²) < 4.78 is 6.57. The molecule has 1 atom stereocenters. The van der Waals surface area contributed by atoms with Crippen molar-refractivity contribution in [1.82, 2.24) is 10.2 Å². The molecular weight excluding hydrogens is 364 g/mol. The number of piperidine rings is 1. The number of likely N-dealkylation sites (N-methyl/N-ethyl adjacent to an activating group) is 1. The maximum atomic E-state index is 11.7. The van der Waals surface area contributed by atoms with Gasteiger partial charge >= 0.3 is 0 Å². The summed E-state index contributed by atoms with van der Waals surface area (Å²) in [5.41, 5.74) is 1.01. The highest BCUT2D eigenvalue weighted by Gasteiger charge is 2.31. The van der Waals surface area contributed by atoms with Crippen LogP contribution in [0.25, 0.3) is 0 Å². The van der Waals surface area contributed by atoms with Gasteiger partial charge < -0.3 is 20.1 Å². The van der Waals surface area contributed by atoms with Crippen molar-refractivity contribution in [3.8, 4) is 0 Å². The fourth-order valence-corrected chi connectivity index (χ4v) is 3.83. The summed E-state index contributed by atoms with van der Waals surface area (Å²) in [5.74, 6) is -0.329. The minimum Gasteiger partial charge on any atom is -0.380 e. The molecule has 1 aliphatic rings. The van der Waals surface area contributed by atoms with Gasteiger partial charge in [0.15, 0.2) is 0 Å². The Bertz CT molecular complexity index is 717. The van der Waals surface area contributed by atoms with Gasteiger partial charge in [0.25, 0.3) is 5.91 Å². The van der Waals surface area contributed by atoms with Crippen LogP contribution in [0.3, 0.4) is 0 Å². The fourth-order valence-electron chi connectivity index (χ4n) is 3.83. The van der Waals surface area contributed by atoms with Crippen molar-refractivity contribution in [3.05, 3.63) is 71.8 Å². The first kappa shape index (κ1) is 21.5. The second kappa shape index (κ2) is 10.0. The van der Waals surface area contributed by atoms with E-state index >= 15 is 0 Å². The molecule has 1 heterocycles. The zero-order chi connectivity index (χ0) is 20.7. The van der Waals surface area contributed by atoms with Crippen LogP contribution in [0.4, 0.5) is 0 Å². The average Bonchev–Trinajstić information content (AvgIpc) is 2.77. The lowest BCUT2D eigenvalue weighted by Crippen LogP contribution is -2.46. The van der Waals surface area contributed by atoms with E-state index in [0.29, 0.717) is 13.0 Å². The van der Waals surface area contributed by atoms with Crippen molar-refractivity contribution in [3.63, 3.8) is 0 Å². The highest BCUT2D eigenvalue weighted by Crippen LogP contribution is 2.30. The zero-order valence-electron chi connectivity index (χ0n) is 17.4. The number of likely N-dealkylation sites (tertiary alicyclic amines) is 1. The van der Waals surface area contributed by atoms with E-state index in [1.807, 2.05) is 12.1 Å². The summed E-state index contributed by atoms with van der Waals surface area (Å²) in [6.07, 6.45) is 2.44. The minimum atomic E-state index is -1.33. The monoisotopic (exact) mass is 396 g/mol. The van der Waals surface area contributed by atoms with Crippen LogP contribution in [0.15, 0.2) is 60.7 Å². The lowest BCUT2D eigenvalue weighted by Gasteiger charge is -2.35. The van der Waals surface area contributed by atoms with E-state index in [1.165, 1.54) is 11.1 Å². The van der Waals surface area contributed by atoms with E-state index in [1.54, 1.807) is 14.0 Å². The lowest BCUT2D eigenvalue weighted by atomic mass is 9.99. The van der Waals surface area contributed by atoms with Crippen molar-refractivity contribution >= 4 is 5.91 Å². The quantitative estimate of drug-likeness (QED) is 0.720. The van der Waals surface area contributed by atoms with Gasteiger partial charge in [0.05, 0.1) is 6.10 Å². The number of carbonyl (C=O) groups is 1. The van der Waals surface area contributed by atoms with E-state index in [9.17, 15) is 9.90 Å². The predicted molar refractivity (Wildman–Crippen MR) is 115 cm³/mol. The lowest BCUT2D eigenvalue weighted by molar-refractivity contribution is -0.138. The molecule has 29 heavy (non-hydrogen) atoms.